The zero-order valence-electron chi connectivity index (χ0n) is 9.15. The fourth-order valence-corrected chi connectivity index (χ4v) is 2.62. The number of carbonyl (C=O) groups is 2. The number of aliphatic carboxylic acids is 1. The summed E-state index contributed by atoms with van der Waals surface area (Å²) >= 11 is 3.46. The van der Waals surface area contributed by atoms with Gasteiger partial charge in [-0.2, -0.15) is 0 Å². The van der Waals surface area contributed by atoms with E-state index in [4.69, 9.17) is 5.11 Å². The minimum absolute atomic E-state index is 0.350. The molecule has 1 aromatic carbocycles. The van der Waals surface area contributed by atoms with Gasteiger partial charge in [-0.05, 0) is 30.5 Å². The van der Waals surface area contributed by atoms with E-state index in [2.05, 4.69) is 15.9 Å². The smallest absolute Gasteiger partial charge is 0.312 e. The summed E-state index contributed by atoms with van der Waals surface area (Å²) in [7, 11) is 0. The molecular formula is C12H12BrNO3. The number of carboxylic acids is 1. The van der Waals surface area contributed by atoms with E-state index < -0.39 is 12.4 Å². The Labute approximate surface area is 107 Å². The van der Waals surface area contributed by atoms with Crippen LogP contribution >= 0.6 is 15.9 Å². The van der Waals surface area contributed by atoms with E-state index in [0.717, 1.165) is 28.6 Å². The molecule has 5 heteroatoms. The second-order valence-electron chi connectivity index (χ2n) is 3.96. The fourth-order valence-electron chi connectivity index (χ4n) is 2.07. The molecule has 0 spiro atoms. The number of anilines is 1. The number of carbonyl (C=O) groups excluding carboxylic acids is 1. The van der Waals surface area contributed by atoms with Crippen LogP contribution in [0.2, 0.25) is 0 Å². The van der Waals surface area contributed by atoms with E-state index in [-0.39, 0.29) is 5.91 Å². The van der Waals surface area contributed by atoms with Gasteiger partial charge in [0.15, 0.2) is 0 Å². The maximum atomic E-state index is 11.8. The number of benzene rings is 1. The number of rotatable bonds is 2. The van der Waals surface area contributed by atoms with Crippen LogP contribution in [0.3, 0.4) is 0 Å². The topological polar surface area (TPSA) is 57.6 Å². The lowest BCUT2D eigenvalue weighted by Gasteiger charge is -2.29. The Morgan fingerprint density at radius 3 is 2.88 bits per heavy atom. The van der Waals surface area contributed by atoms with Gasteiger partial charge in [-0.15, -0.1) is 0 Å². The summed E-state index contributed by atoms with van der Waals surface area (Å²) in [5.41, 5.74) is 1.91. The largest absolute Gasteiger partial charge is 0.481 e. The van der Waals surface area contributed by atoms with Gasteiger partial charge in [0, 0.05) is 16.7 Å². The SMILES string of the molecule is O=C(O)CC(=O)N1CCCc2c(Br)cccc21. The Morgan fingerprint density at radius 1 is 1.41 bits per heavy atom. The molecule has 0 aliphatic carbocycles. The molecule has 90 valence electrons. The van der Waals surface area contributed by atoms with E-state index >= 15 is 0 Å². The summed E-state index contributed by atoms with van der Waals surface area (Å²) in [5, 5.41) is 8.66. The zero-order chi connectivity index (χ0) is 12.4. The van der Waals surface area contributed by atoms with Crippen LogP contribution in [0, 0.1) is 0 Å². The van der Waals surface area contributed by atoms with Gasteiger partial charge in [-0.3, -0.25) is 9.59 Å². The maximum Gasteiger partial charge on any atom is 0.312 e. The third kappa shape index (κ3) is 2.49. The van der Waals surface area contributed by atoms with E-state index in [1.54, 1.807) is 4.90 Å². The Bertz CT molecular complexity index is 473. The van der Waals surface area contributed by atoms with Crippen molar-refractivity contribution in [1.29, 1.82) is 0 Å². The summed E-state index contributed by atoms with van der Waals surface area (Å²) in [6, 6.07) is 5.65. The molecule has 17 heavy (non-hydrogen) atoms. The molecule has 0 saturated heterocycles. The molecule has 1 aliphatic rings. The van der Waals surface area contributed by atoms with E-state index in [0.29, 0.717) is 6.54 Å². The average Bonchev–Trinajstić information content (AvgIpc) is 2.28. The highest BCUT2D eigenvalue weighted by molar-refractivity contribution is 9.10. The van der Waals surface area contributed by atoms with Gasteiger partial charge in [0.2, 0.25) is 5.91 Å². The quantitative estimate of drug-likeness (QED) is 0.852. The molecular weight excluding hydrogens is 286 g/mol. The zero-order valence-corrected chi connectivity index (χ0v) is 10.7. The first-order valence-electron chi connectivity index (χ1n) is 5.39. The summed E-state index contributed by atoms with van der Waals surface area (Å²) in [6.45, 7) is 0.593. The Kier molecular flexibility index (Phi) is 3.47. The molecule has 1 N–H and O–H groups in total. The molecule has 1 amide bonds. The van der Waals surface area contributed by atoms with Crippen LogP contribution < -0.4 is 4.90 Å². The van der Waals surface area contributed by atoms with Crippen molar-refractivity contribution in [3.63, 3.8) is 0 Å². The molecule has 4 nitrogen and oxygen atoms in total. The molecule has 1 heterocycles. The van der Waals surface area contributed by atoms with Crippen LogP contribution in [-0.2, 0) is 16.0 Å². The summed E-state index contributed by atoms with van der Waals surface area (Å²) in [4.78, 5) is 24.0. The van der Waals surface area contributed by atoms with Crippen LogP contribution in [0.1, 0.15) is 18.4 Å². The van der Waals surface area contributed by atoms with E-state index in [9.17, 15) is 9.59 Å². The fraction of sp³-hybridized carbons (Fsp3) is 0.333. The van der Waals surface area contributed by atoms with Crippen LogP contribution in [0.15, 0.2) is 22.7 Å². The number of nitrogens with zero attached hydrogens (tertiary/aromatic N) is 1. The number of amides is 1. The number of hydrogen-bond acceptors (Lipinski definition) is 2. The number of carboxylic acid groups (broad SMARTS) is 1. The highest BCUT2D eigenvalue weighted by Crippen LogP contribution is 2.32. The molecule has 0 radical (unpaired) electrons. The number of hydrogen-bond donors (Lipinski definition) is 1. The third-order valence-corrected chi connectivity index (χ3v) is 3.54. The molecule has 1 aliphatic heterocycles. The Morgan fingerprint density at radius 2 is 2.18 bits per heavy atom. The molecule has 0 aromatic heterocycles. The molecule has 0 unspecified atom stereocenters. The van der Waals surface area contributed by atoms with Crippen molar-refractivity contribution in [2.75, 3.05) is 11.4 Å². The van der Waals surface area contributed by atoms with Crippen molar-refractivity contribution in [1.82, 2.24) is 0 Å². The highest BCUT2D eigenvalue weighted by Gasteiger charge is 2.24. The second-order valence-corrected chi connectivity index (χ2v) is 4.81. The van der Waals surface area contributed by atoms with Gasteiger partial charge >= 0.3 is 5.97 Å². The monoisotopic (exact) mass is 297 g/mol. The van der Waals surface area contributed by atoms with Gasteiger partial charge in [0.05, 0.1) is 0 Å². The predicted octanol–water partition coefficient (Wildman–Crippen LogP) is 2.20. The van der Waals surface area contributed by atoms with Crippen molar-refractivity contribution in [2.24, 2.45) is 0 Å². The van der Waals surface area contributed by atoms with Gasteiger partial charge in [-0.25, -0.2) is 0 Å². The lowest BCUT2D eigenvalue weighted by Crippen LogP contribution is -2.36. The standard InChI is InChI=1S/C12H12BrNO3/c13-9-4-1-5-10-8(9)3-2-6-14(10)11(15)7-12(16)17/h1,4-5H,2-3,6-7H2,(H,16,17). The molecule has 2 rings (SSSR count). The van der Waals surface area contributed by atoms with E-state index in [1.165, 1.54) is 0 Å². The van der Waals surface area contributed by atoms with Crippen LogP contribution in [0.4, 0.5) is 5.69 Å². The summed E-state index contributed by atoms with van der Waals surface area (Å²) in [6.07, 6.45) is 1.32. The normalized spacial score (nSPS) is 14.3. The van der Waals surface area contributed by atoms with Gasteiger partial charge in [0.25, 0.3) is 0 Å². The Hall–Kier alpha value is -1.36. The van der Waals surface area contributed by atoms with Crippen molar-refractivity contribution < 1.29 is 14.7 Å². The number of fused-ring (bicyclic) bond motifs is 1. The first kappa shape index (κ1) is 12.1. The predicted molar refractivity (Wildman–Crippen MR) is 67.1 cm³/mol. The van der Waals surface area contributed by atoms with Gasteiger partial charge in [-0.1, -0.05) is 22.0 Å². The molecule has 0 bridgehead atoms. The van der Waals surface area contributed by atoms with Gasteiger partial charge < -0.3 is 10.0 Å². The second kappa shape index (κ2) is 4.87. The number of halogens is 1. The third-order valence-electron chi connectivity index (χ3n) is 2.80. The van der Waals surface area contributed by atoms with Crippen LogP contribution in [0.5, 0.6) is 0 Å². The summed E-state index contributed by atoms with van der Waals surface area (Å²) < 4.78 is 0.975. The summed E-state index contributed by atoms with van der Waals surface area (Å²) in [5.74, 6) is -1.44. The van der Waals surface area contributed by atoms with Crippen molar-refractivity contribution in [2.45, 2.75) is 19.3 Å². The lowest BCUT2D eigenvalue weighted by molar-refractivity contribution is -0.140. The minimum Gasteiger partial charge on any atom is -0.481 e. The first-order valence-corrected chi connectivity index (χ1v) is 6.18. The van der Waals surface area contributed by atoms with Gasteiger partial charge in [0.1, 0.15) is 6.42 Å². The van der Waals surface area contributed by atoms with Crippen LogP contribution in [-0.4, -0.2) is 23.5 Å². The lowest BCUT2D eigenvalue weighted by atomic mass is 10.0. The minimum atomic E-state index is -1.09. The molecule has 1 aromatic rings. The van der Waals surface area contributed by atoms with Crippen LogP contribution in [0.25, 0.3) is 0 Å². The van der Waals surface area contributed by atoms with E-state index in [1.807, 2.05) is 18.2 Å². The van der Waals surface area contributed by atoms with Crippen molar-refractivity contribution >= 4 is 33.5 Å². The Balaban J connectivity index is 2.32. The molecule has 0 fully saturated rings. The average molecular weight is 298 g/mol. The van der Waals surface area contributed by atoms with Crippen molar-refractivity contribution in [3.05, 3.63) is 28.2 Å². The molecule has 0 atom stereocenters. The van der Waals surface area contributed by atoms with Crippen molar-refractivity contribution in [3.8, 4) is 0 Å². The maximum absolute atomic E-state index is 11.8. The highest BCUT2D eigenvalue weighted by atomic mass is 79.9. The first-order chi connectivity index (χ1) is 8.09. The molecule has 0 saturated carbocycles.